The van der Waals surface area contributed by atoms with Crippen molar-refractivity contribution in [2.45, 2.75) is 58.5 Å². The molecule has 0 saturated heterocycles. The lowest BCUT2D eigenvalue weighted by Gasteiger charge is -2.21. The summed E-state index contributed by atoms with van der Waals surface area (Å²) < 4.78 is 37.5. The van der Waals surface area contributed by atoms with Crippen molar-refractivity contribution in [2.75, 3.05) is 19.6 Å². The summed E-state index contributed by atoms with van der Waals surface area (Å²) in [5.41, 5.74) is 0.325. The maximum atomic E-state index is 12.5. The monoisotopic (exact) mass is 341 g/mol. The number of hydrogen-bond donors (Lipinski definition) is 0. The predicted octanol–water partition coefficient (Wildman–Crippen LogP) is 6.10. The van der Waals surface area contributed by atoms with Crippen LogP contribution in [0.1, 0.15) is 57.1 Å². The van der Waals surface area contributed by atoms with Gasteiger partial charge in [0.2, 0.25) is 0 Å². The molecule has 1 aromatic rings. The van der Waals surface area contributed by atoms with Gasteiger partial charge in [-0.1, -0.05) is 51.0 Å². The quantitative estimate of drug-likeness (QED) is 0.440. The molecule has 136 valence electrons. The molecule has 0 fully saturated rings. The highest BCUT2D eigenvalue weighted by Gasteiger charge is 2.29. The fourth-order valence-electron chi connectivity index (χ4n) is 2.52. The molecule has 0 aromatic heterocycles. The number of alkyl halides is 3. The normalized spacial score (nSPS) is 12.4. The van der Waals surface area contributed by atoms with E-state index in [2.05, 4.69) is 30.9 Å². The van der Waals surface area contributed by atoms with Crippen LogP contribution in [0.4, 0.5) is 13.2 Å². The first-order valence-corrected chi connectivity index (χ1v) is 9.00. The van der Waals surface area contributed by atoms with Crippen molar-refractivity contribution in [3.8, 4) is 0 Å². The first-order valence-electron chi connectivity index (χ1n) is 9.00. The third-order valence-electron chi connectivity index (χ3n) is 4.07. The van der Waals surface area contributed by atoms with Gasteiger partial charge in [-0.05, 0) is 56.5 Å². The molecule has 0 saturated carbocycles. The van der Waals surface area contributed by atoms with E-state index in [1.54, 1.807) is 12.1 Å². The second kappa shape index (κ2) is 11.3. The van der Waals surface area contributed by atoms with Crippen LogP contribution in [-0.2, 0) is 12.6 Å². The van der Waals surface area contributed by atoms with E-state index in [9.17, 15) is 13.2 Å². The Balaban J connectivity index is 2.35. The van der Waals surface area contributed by atoms with Gasteiger partial charge in [-0.2, -0.15) is 13.2 Å². The summed E-state index contributed by atoms with van der Waals surface area (Å²) in [6.45, 7) is 7.79. The maximum absolute atomic E-state index is 12.5. The molecule has 0 N–H and O–H groups in total. The van der Waals surface area contributed by atoms with Crippen molar-refractivity contribution in [2.24, 2.45) is 0 Å². The van der Waals surface area contributed by atoms with Gasteiger partial charge in [0.05, 0.1) is 5.56 Å². The molecule has 0 unspecified atom stereocenters. The highest BCUT2D eigenvalue weighted by molar-refractivity contribution is 5.25. The van der Waals surface area contributed by atoms with Crippen molar-refractivity contribution in [1.82, 2.24) is 4.90 Å². The Kier molecular flexibility index (Phi) is 9.77. The molecular weight excluding hydrogens is 311 g/mol. The van der Waals surface area contributed by atoms with E-state index in [0.29, 0.717) is 6.42 Å². The SMILES string of the molecule is CCCCN(CC/C=C\Cc1ccc(C(F)(F)F)cc1)CCCC. The summed E-state index contributed by atoms with van der Waals surface area (Å²) in [5.74, 6) is 0. The molecule has 0 aliphatic carbocycles. The van der Waals surface area contributed by atoms with E-state index in [0.717, 1.165) is 43.8 Å². The van der Waals surface area contributed by atoms with Gasteiger partial charge in [-0.3, -0.25) is 0 Å². The van der Waals surface area contributed by atoms with Gasteiger partial charge in [0.25, 0.3) is 0 Å². The lowest BCUT2D eigenvalue weighted by atomic mass is 10.1. The Hall–Kier alpha value is -1.29. The minimum atomic E-state index is -4.26. The van der Waals surface area contributed by atoms with Crippen molar-refractivity contribution in [3.63, 3.8) is 0 Å². The summed E-state index contributed by atoms with van der Waals surface area (Å²) in [4.78, 5) is 2.51. The number of hydrogen-bond acceptors (Lipinski definition) is 1. The third kappa shape index (κ3) is 8.53. The molecule has 1 aromatic carbocycles. The average Bonchev–Trinajstić information content (AvgIpc) is 2.56. The molecule has 4 heteroatoms. The Morgan fingerprint density at radius 1 is 0.875 bits per heavy atom. The van der Waals surface area contributed by atoms with Crippen LogP contribution >= 0.6 is 0 Å². The van der Waals surface area contributed by atoms with Crippen molar-refractivity contribution < 1.29 is 13.2 Å². The molecule has 0 amide bonds. The molecule has 1 rings (SSSR count). The van der Waals surface area contributed by atoms with Gasteiger partial charge in [-0.15, -0.1) is 0 Å². The summed E-state index contributed by atoms with van der Waals surface area (Å²) in [6.07, 6.45) is 6.52. The molecule has 0 radical (unpaired) electrons. The first kappa shape index (κ1) is 20.8. The van der Waals surface area contributed by atoms with Crippen molar-refractivity contribution in [1.29, 1.82) is 0 Å². The summed E-state index contributed by atoms with van der Waals surface area (Å²) in [6, 6.07) is 5.42. The first-order chi connectivity index (χ1) is 11.5. The molecule has 0 spiro atoms. The summed E-state index contributed by atoms with van der Waals surface area (Å²) in [5, 5.41) is 0. The Bertz CT molecular complexity index is 455. The smallest absolute Gasteiger partial charge is 0.303 e. The molecule has 0 atom stereocenters. The van der Waals surface area contributed by atoms with E-state index in [-0.39, 0.29) is 0 Å². The minimum absolute atomic E-state index is 0.585. The maximum Gasteiger partial charge on any atom is 0.416 e. The highest BCUT2D eigenvalue weighted by atomic mass is 19.4. The molecule has 1 nitrogen and oxygen atoms in total. The molecule has 0 heterocycles. The Labute approximate surface area is 144 Å². The number of nitrogens with zero attached hydrogens (tertiary/aromatic N) is 1. The molecular formula is C20H30F3N. The zero-order valence-electron chi connectivity index (χ0n) is 14.9. The van der Waals surface area contributed by atoms with E-state index in [4.69, 9.17) is 0 Å². The van der Waals surface area contributed by atoms with Crippen LogP contribution in [0.5, 0.6) is 0 Å². The lowest BCUT2D eigenvalue weighted by molar-refractivity contribution is -0.137. The van der Waals surface area contributed by atoms with Gasteiger partial charge in [0.1, 0.15) is 0 Å². The van der Waals surface area contributed by atoms with E-state index in [1.807, 2.05) is 0 Å². The number of rotatable bonds is 11. The van der Waals surface area contributed by atoms with E-state index >= 15 is 0 Å². The van der Waals surface area contributed by atoms with Crippen LogP contribution < -0.4 is 0 Å². The highest BCUT2D eigenvalue weighted by Crippen LogP contribution is 2.29. The number of unbranched alkanes of at least 4 members (excludes halogenated alkanes) is 2. The van der Waals surface area contributed by atoms with Crippen LogP contribution in [0.3, 0.4) is 0 Å². The Morgan fingerprint density at radius 2 is 1.46 bits per heavy atom. The van der Waals surface area contributed by atoms with Crippen LogP contribution in [0, 0.1) is 0 Å². The molecule has 24 heavy (non-hydrogen) atoms. The van der Waals surface area contributed by atoms with E-state index < -0.39 is 11.7 Å². The largest absolute Gasteiger partial charge is 0.416 e. The number of halogens is 3. The Morgan fingerprint density at radius 3 is 1.96 bits per heavy atom. The second-order valence-electron chi connectivity index (χ2n) is 6.21. The average molecular weight is 341 g/mol. The van der Waals surface area contributed by atoms with Gasteiger partial charge in [0, 0.05) is 6.54 Å². The van der Waals surface area contributed by atoms with Crippen LogP contribution in [0.15, 0.2) is 36.4 Å². The van der Waals surface area contributed by atoms with Gasteiger partial charge < -0.3 is 4.90 Å². The molecule has 0 bridgehead atoms. The zero-order chi connectivity index (χ0) is 17.8. The lowest BCUT2D eigenvalue weighted by Crippen LogP contribution is -2.26. The fraction of sp³-hybridized carbons (Fsp3) is 0.600. The van der Waals surface area contributed by atoms with Crippen molar-refractivity contribution in [3.05, 3.63) is 47.5 Å². The summed E-state index contributed by atoms with van der Waals surface area (Å²) >= 11 is 0. The zero-order valence-corrected chi connectivity index (χ0v) is 14.9. The van der Waals surface area contributed by atoms with Gasteiger partial charge >= 0.3 is 6.18 Å². The predicted molar refractivity (Wildman–Crippen MR) is 95.2 cm³/mol. The van der Waals surface area contributed by atoms with Crippen LogP contribution in [0.2, 0.25) is 0 Å². The minimum Gasteiger partial charge on any atom is -0.303 e. The summed E-state index contributed by atoms with van der Waals surface area (Å²) in [7, 11) is 0. The molecule has 0 aliphatic heterocycles. The van der Waals surface area contributed by atoms with E-state index in [1.165, 1.54) is 25.7 Å². The second-order valence-corrected chi connectivity index (χ2v) is 6.21. The topological polar surface area (TPSA) is 3.24 Å². The fourth-order valence-corrected chi connectivity index (χ4v) is 2.52. The van der Waals surface area contributed by atoms with Gasteiger partial charge in [-0.25, -0.2) is 0 Å². The van der Waals surface area contributed by atoms with Crippen LogP contribution in [-0.4, -0.2) is 24.5 Å². The molecule has 0 aliphatic rings. The van der Waals surface area contributed by atoms with Crippen molar-refractivity contribution >= 4 is 0 Å². The number of benzene rings is 1. The number of allylic oxidation sites excluding steroid dienone is 1. The standard InChI is InChI=1S/C20H30F3N/c1-3-5-15-24(16-6-4-2)17-9-7-8-10-18-11-13-19(14-12-18)20(21,22)23/h7-8,11-14H,3-6,9-10,15-17H2,1-2H3/b8-7-. The van der Waals surface area contributed by atoms with Crippen LogP contribution in [0.25, 0.3) is 0 Å². The third-order valence-corrected chi connectivity index (χ3v) is 4.07. The van der Waals surface area contributed by atoms with Gasteiger partial charge in [0.15, 0.2) is 0 Å².